The summed E-state index contributed by atoms with van der Waals surface area (Å²) >= 11 is 0. The molecule has 0 saturated carbocycles. The summed E-state index contributed by atoms with van der Waals surface area (Å²) in [5.41, 5.74) is 0.618. The quantitative estimate of drug-likeness (QED) is 0.197. The molecule has 3 aromatic carbocycles. The number of rotatable bonds is 8. The van der Waals surface area contributed by atoms with Crippen LogP contribution < -0.4 is 0 Å². The number of hydrogen-bond donors (Lipinski definition) is 1. The van der Waals surface area contributed by atoms with Crippen molar-refractivity contribution in [3.8, 4) is 0 Å². The number of para-hydroxylation sites is 2. The lowest BCUT2D eigenvalue weighted by molar-refractivity contribution is -0.385. The van der Waals surface area contributed by atoms with Gasteiger partial charge in [0.05, 0.1) is 26.9 Å². The minimum Gasteiger partial charge on any atom is -0.285 e. The molecule has 186 valence electrons. The van der Waals surface area contributed by atoms with E-state index >= 15 is 0 Å². The van der Waals surface area contributed by atoms with Gasteiger partial charge < -0.3 is 0 Å². The van der Waals surface area contributed by atoms with E-state index in [9.17, 15) is 37.1 Å². The van der Waals surface area contributed by atoms with Gasteiger partial charge in [0, 0.05) is 17.7 Å². The number of nitro benzene ring substituents is 2. The van der Waals surface area contributed by atoms with Crippen molar-refractivity contribution in [2.75, 3.05) is 0 Å². The zero-order valence-electron chi connectivity index (χ0n) is 18.2. The average molecular weight is 525 g/mol. The molecular weight excluding hydrogens is 504 g/mol. The first kappa shape index (κ1) is 27.5. The van der Waals surface area contributed by atoms with E-state index in [0.29, 0.717) is 0 Å². The zero-order valence-corrected chi connectivity index (χ0v) is 19.8. The van der Waals surface area contributed by atoms with Crippen LogP contribution in [0.5, 0.6) is 0 Å². The second kappa shape index (κ2) is 11.6. The summed E-state index contributed by atoms with van der Waals surface area (Å²) in [7, 11) is -8.18. The Balaban J connectivity index is 0.000000269. The minimum atomic E-state index is -4.24. The lowest BCUT2D eigenvalue weighted by Gasteiger charge is -2.06. The highest BCUT2D eigenvalue weighted by atomic mass is 32.2. The summed E-state index contributed by atoms with van der Waals surface area (Å²) in [6.45, 7) is 1.46. The molecule has 0 aliphatic rings. The van der Waals surface area contributed by atoms with Crippen LogP contribution in [-0.2, 0) is 36.8 Å². The average Bonchev–Trinajstić information content (AvgIpc) is 2.78. The highest BCUT2D eigenvalue weighted by Gasteiger charge is 2.19. The van der Waals surface area contributed by atoms with Gasteiger partial charge in [-0.25, -0.2) is 0 Å². The minimum absolute atomic E-state index is 0.0201. The number of nitro groups is 2. The summed E-state index contributed by atoms with van der Waals surface area (Å²) in [6, 6.07) is 17.4. The van der Waals surface area contributed by atoms with Gasteiger partial charge in [0.2, 0.25) is 0 Å². The van der Waals surface area contributed by atoms with E-state index in [-0.39, 0.29) is 34.0 Å². The summed E-state index contributed by atoms with van der Waals surface area (Å²) < 4.78 is 58.5. The fourth-order valence-electron chi connectivity index (χ4n) is 2.73. The topological polar surface area (TPSA) is 184 Å². The Hall–Kier alpha value is -3.72. The molecule has 0 saturated heterocycles. The van der Waals surface area contributed by atoms with Crippen LogP contribution in [0, 0.1) is 27.2 Å². The Bertz CT molecular complexity index is 1420. The molecule has 35 heavy (non-hydrogen) atoms. The van der Waals surface area contributed by atoms with E-state index < -0.39 is 35.8 Å². The van der Waals surface area contributed by atoms with E-state index in [4.69, 9.17) is 8.74 Å². The van der Waals surface area contributed by atoms with Gasteiger partial charge in [-0.1, -0.05) is 48.0 Å². The predicted octanol–water partition coefficient (Wildman–Crippen LogP) is 3.79. The maximum Gasteiger partial charge on any atom is 0.297 e. The first-order chi connectivity index (χ1) is 16.3. The molecule has 0 aliphatic heterocycles. The fourth-order valence-corrected chi connectivity index (χ4v) is 4.26. The van der Waals surface area contributed by atoms with Crippen molar-refractivity contribution in [1.29, 1.82) is 0 Å². The Labute approximate surface area is 201 Å². The van der Waals surface area contributed by atoms with Crippen LogP contribution in [-0.4, -0.2) is 31.2 Å². The summed E-state index contributed by atoms with van der Waals surface area (Å²) in [5, 5.41) is 21.3. The zero-order chi connectivity index (χ0) is 26.2. The second-order valence-electron chi connectivity index (χ2n) is 7.03. The molecule has 12 nitrogen and oxygen atoms in total. The maximum absolute atomic E-state index is 12.0. The van der Waals surface area contributed by atoms with Crippen LogP contribution in [0.25, 0.3) is 0 Å². The van der Waals surface area contributed by atoms with Gasteiger partial charge in [-0.2, -0.15) is 16.8 Å². The number of nitrogens with zero attached hydrogens (tertiary/aromatic N) is 2. The highest BCUT2D eigenvalue weighted by molar-refractivity contribution is 7.86. The molecule has 0 aliphatic carbocycles. The molecule has 0 unspecified atom stereocenters. The van der Waals surface area contributed by atoms with Crippen LogP contribution in [0.1, 0.15) is 16.7 Å². The van der Waals surface area contributed by atoms with E-state index in [0.717, 1.165) is 5.56 Å². The Morgan fingerprint density at radius 2 is 1.23 bits per heavy atom. The van der Waals surface area contributed by atoms with Crippen LogP contribution in [0.2, 0.25) is 0 Å². The Morgan fingerprint density at radius 3 is 1.71 bits per heavy atom. The van der Waals surface area contributed by atoms with Crippen molar-refractivity contribution in [3.05, 3.63) is 110 Å². The summed E-state index contributed by atoms with van der Waals surface area (Å²) in [4.78, 5) is 20.0. The van der Waals surface area contributed by atoms with Crippen LogP contribution >= 0.6 is 0 Å². The third-order valence-electron chi connectivity index (χ3n) is 4.39. The predicted molar refractivity (Wildman–Crippen MR) is 125 cm³/mol. The number of benzene rings is 3. The van der Waals surface area contributed by atoms with Crippen molar-refractivity contribution < 1.29 is 35.4 Å². The monoisotopic (exact) mass is 524 g/mol. The molecule has 14 heteroatoms. The molecule has 0 aromatic heterocycles. The number of hydrogen-bond acceptors (Lipinski definition) is 9. The third-order valence-corrected chi connectivity index (χ3v) is 6.35. The van der Waals surface area contributed by atoms with Gasteiger partial charge in [-0.15, -0.1) is 0 Å². The Morgan fingerprint density at radius 1 is 0.771 bits per heavy atom. The largest absolute Gasteiger partial charge is 0.297 e. The maximum atomic E-state index is 12.0. The third kappa shape index (κ3) is 8.53. The molecule has 0 heterocycles. The van der Waals surface area contributed by atoms with Crippen LogP contribution in [0.15, 0.2) is 77.7 Å². The molecular formula is C21H20N2O10S2. The van der Waals surface area contributed by atoms with E-state index in [2.05, 4.69) is 0 Å². The molecule has 0 spiro atoms. The van der Waals surface area contributed by atoms with Crippen molar-refractivity contribution in [2.24, 2.45) is 0 Å². The van der Waals surface area contributed by atoms with Crippen molar-refractivity contribution in [2.45, 2.75) is 24.2 Å². The van der Waals surface area contributed by atoms with Gasteiger partial charge in [-0.05, 0) is 25.1 Å². The molecule has 0 bridgehead atoms. The van der Waals surface area contributed by atoms with Gasteiger partial charge in [-0.3, -0.25) is 29.0 Å². The highest BCUT2D eigenvalue weighted by Crippen LogP contribution is 2.22. The standard InChI is InChI=1S/C14H13NO5S.C7H7NO5S/c1-11-6-8-13(9-7-11)21(18,19)20-10-12-4-2-3-5-14(12)15(16)17;9-8(10)7-4-2-1-3-6(7)5-14(11,12)13/h2-9H,10H2,1H3;1-4H,5H2,(H,11,12,13). The van der Waals surface area contributed by atoms with Crippen LogP contribution in [0.4, 0.5) is 11.4 Å². The van der Waals surface area contributed by atoms with Gasteiger partial charge >= 0.3 is 0 Å². The van der Waals surface area contributed by atoms with Crippen molar-refractivity contribution in [1.82, 2.24) is 0 Å². The number of aryl methyl sites for hydroxylation is 1. The lowest BCUT2D eigenvalue weighted by atomic mass is 10.2. The van der Waals surface area contributed by atoms with Crippen molar-refractivity contribution in [3.63, 3.8) is 0 Å². The SMILES string of the molecule is Cc1ccc(S(=O)(=O)OCc2ccccc2[N+](=O)[O-])cc1.O=[N+]([O-])c1ccccc1CS(=O)(=O)O. The van der Waals surface area contributed by atoms with E-state index in [1.807, 2.05) is 6.92 Å². The van der Waals surface area contributed by atoms with Gasteiger partial charge in [0.15, 0.2) is 0 Å². The van der Waals surface area contributed by atoms with Gasteiger partial charge in [0.1, 0.15) is 5.75 Å². The molecule has 0 amide bonds. The summed E-state index contributed by atoms with van der Waals surface area (Å²) in [6.07, 6.45) is 0. The molecule has 0 radical (unpaired) electrons. The van der Waals surface area contributed by atoms with E-state index in [1.54, 1.807) is 18.2 Å². The second-order valence-corrected chi connectivity index (χ2v) is 10.1. The molecule has 3 aromatic rings. The van der Waals surface area contributed by atoms with Gasteiger partial charge in [0.25, 0.3) is 31.6 Å². The molecule has 0 fully saturated rings. The molecule has 0 atom stereocenters. The van der Waals surface area contributed by atoms with E-state index in [1.165, 1.54) is 54.6 Å². The summed E-state index contributed by atoms with van der Waals surface area (Å²) in [5.74, 6) is -0.746. The first-order valence-corrected chi connectivity index (χ1v) is 12.7. The van der Waals surface area contributed by atoms with Crippen LogP contribution in [0.3, 0.4) is 0 Å². The molecule has 3 rings (SSSR count). The van der Waals surface area contributed by atoms with Crippen molar-refractivity contribution >= 4 is 31.6 Å². The fraction of sp³-hybridized carbons (Fsp3) is 0.143. The Kier molecular flexibility index (Phi) is 9.13. The lowest BCUT2D eigenvalue weighted by Crippen LogP contribution is -2.07. The smallest absolute Gasteiger partial charge is 0.285 e. The first-order valence-electron chi connectivity index (χ1n) is 9.66. The normalized spacial score (nSPS) is 11.3. The molecule has 1 N–H and O–H groups in total.